The molecule has 1 aromatic heterocycles. The number of pyridine rings is 1. The summed E-state index contributed by atoms with van der Waals surface area (Å²) in [5, 5.41) is 0.397. The molecule has 6 heteroatoms. The molecule has 1 heterocycles. The van der Waals surface area contributed by atoms with Crippen LogP contribution < -0.4 is 5.73 Å². The number of nitrogens with zero attached hydrogens (tertiary/aromatic N) is 1. The molecular weight excluding hydrogens is 271 g/mol. The highest BCUT2D eigenvalue weighted by atomic mass is 35.5. The molecule has 0 fully saturated rings. The van der Waals surface area contributed by atoms with E-state index >= 15 is 0 Å². The normalized spacial score (nSPS) is 10.2. The lowest BCUT2D eigenvalue weighted by atomic mass is 10.2. The maximum absolute atomic E-state index is 13.1. The third-order valence-electron chi connectivity index (χ3n) is 2.37. The van der Waals surface area contributed by atoms with Crippen molar-refractivity contribution in [3.05, 3.63) is 58.6 Å². The van der Waals surface area contributed by atoms with Gasteiger partial charge in [-0.1, -0.05) is 11.6 Å². The van der Waals surface area contributed by atoms with Gasteiger partial charge in [-0.25, -0.2) is 9.18 Å². The first-order valence-corrected chi connectivity index (χ1v) is 5.75. The van der Waals surface area contributed by atoms with Crippen molar-refractivity contribution in [3.8, 4) is 0 Å². The van der Waals surface area contributed by atoms with E-state index in [1.165, 1.54) is 18.5 Å². The molecule has 0 saturated heterocycles. The van der Waals surface area contributed by atoms with Crippen LogP contribution in [0.3, 0.4) is 0 Å². The average molecular weight is 281 g/mol. The molecule has 0 amide bonds. The second-order valence-electron chi connectivity index (χ2n) is 3.82. The number of carbonyl (C=O) groups is 1. The Morgan fingerprint density at radius 1 is 1.42 bits per heavy atom. The molecule has 0 aliphatic heterocycles. The van der Waals surface area contributed by atoms with Gasteiger partial charge in [0.05, 0.1) is 10.6 Å². The van der Waals surface area contributed by atoms with Crippen molar-refractivity contribution in [2.45, 2.75) is 6.61 Å². The third-order valence-corrected chi connectivity index (χ3v) is 2.71. The number of ether oxygens (including phenoxy) is 1. The quantitative estimate of drug-likeness (QED) is 0.693. The van der Waals surface area contributed by atoms with E-state index in [1.54, 1.807) is 6.07 Å². The van der Waals surface area contributed by atoms with E-state index in [-0.39, 0.29) is 17.9 Å². The van der Waals surface area contributed by atoms with Crippen LogP contribution in [0, 0.1) is 5.82 Å². The van der Waals surface area contributed by atoms with Crippen molar-refractivity contribution in [1.29, 1.82) is 0 Å². The van der Waals surface area contributed by atoms with E-state index in [9.17, 15) is 9.18 Å². The minimum Gasteiger partial charge on any atom is -0.457 e. The maximum Gasteiger partial charge on any atom is 0.338 e. The van der Waals surface area contributed by atoms with Crippen LogP contribution in [-0.4, -0.2) is 11.0 Å². The van der Waals surface area contributed by atoms with Gasteiger partial charge in [0.25, 0.3) is 0 Å². The predicted molar refractivity (Wildman–Crippen MR) is 69.2 cm³/mol. The van der Waals surface area contributed by atoms with Crippen molar-refractivity contribution in [1.82, 2.24) is 4.98 Å². The van der Waals surface area contributed by atoms with E-state index in [2.05, 4.69) is 4.98 Å². The van der Waals surface area contributed by atoms with Crippen LogP contribution in [0.5, 0.6) is 0 Å². The number of carbonyl (C=O) groups excluding carboxylic acids is 1. The summed E-state index contributed by atoms with van der Waals surface area (Å²) < 4.78 is 18.1. The summed E-state index contributed by atoms with van der Waals surface area (Å²) in [5.74, 6) is -1.26. The van der Waals surface area contributed by atoms with E-state index in [0.29, 0.717) is 10.6 Å². The molecule has 4 nitrogen and oxygen atoms in total. The number of nitrogens with two attached hydrogens (primary N) is 1. The second-order valence-corrected chi connectivity index (χ2v) is 4.22. The second kappa shape index (κ2) is 5.67. The summed E-state index contributed by atoms with van der Waals surface area (Å²) in [4.78, 5) is 15.5. The number of nitrogen functional groups attached to an aromatic ring is 1. The van der Waals surface area contributed by atoms with Gasteiger partial charge >= 0.3 is 5.97 Å². The monoisotopic (exact) mass is 280 g/mol. The van der Waals surface area contributed by atoms with Crippen LogP contribution >= 0.6 is 11.6 Å². The summed E-state index contributed by atoms with van der Waals surface area (Å²) in [6.45, 7) is -0.0173. The summed E-state index contributed by atoms with van der Waals surface area (Å²) in [6, 6.07) is 5.17. The molecule has 2 aromatic rings. The number of hydrogen-bond donors (Lipinski definition) is 1. The van der Waals surface area contributed by atoms with Crippen molar-refractivity contribution in [2.24, 2.45) is 0 Å². The molecule has 98 valence electrons. The fraction of sp³-hybridized carbons (Fsp3) is 0.0769. The number of anilines is 1. The van der Waals surface area contributed by atoms with E-state index in [4.69, 9.17) is 22.1 Å². The molecule has 0 spiro atoms. The summed E-state index contributed by atoms with van der Waals surface area (Å²) in [6.07, 6.45) is 2.99. The Kier molecular flexibility index (Phi) is 3.97. The Bertz CT molecular complexity index is 599. The SMILES string of the molecule is Nc1cc(F)cc(C(=O)OCc2ccncc2Cl)c1. The zero-order valence-corrected chi connectivity index (χ0v) is 10.5. The van der Waals surface area contributed by atoms with Crippen LogP contribution in [0.1, 0.15) is 15.9 Å². The fourth-order valence-corrected chi connectivity index (χ4v) is 1.65. The summed E-state index contributed by atoms with van der Waals surface area (Å²) in [5.41, 5.74) is 6.29. The Morgan fingerprint density at radius 3 is 2.89 bits per heavy atom. The number of esters is 1. The largest absolute Gasteiger partial charge is 0.457 e. The fourth-order valence-electron chi connectivity index (χ4n) is 1.48. The van der Waals surface area contributed by atoms with Gasteiger partial charge in [-0.15, -0.1) is 0 Å². The first-order chi connectivity index (χ1) is 9.06. The van der Waals surface area contributed by atoms with E-state index < -0.39 is 11.8 Å². The van der Waals surface area contributed by atoms with Gasteiger partial charge in [0.15, 0.2) is 0 Å². The van der Waals surface area contributed by atoms with Gasteiger partial charge in [-0.2, -0.15) is 0 Å². The van der Waals surface area contributed by atoms with Gasteiger partial charge in [0.2, 0.25) is 0 Å². The van der Waals surface area contributed by atoms with Gasteiger partial charge in [0.1, 0.15) is 12.4 Å². The van der Waals surface area contributed by atoms with Crippen LogP contribution in [-0.2, 0) is 11.3 Å². The highest BCUT2D eigenvalue weighted by Crippen LogP contribution is 2.16. The number of benzene rings is 1. The van der Waals surface area contributed by atoms with Crippen molar-refractivity contribution < 1.29 is 13.9 Å². The molecule has 2 N–H and O–H groups in total. The lowest BCUT2D eigenvalue weighted by molar-refractivity contribution is 0.0472. The number of rotatable bonds is 3. The van der Waals surface area contributed by atoms with Crippen LogP contribution in [0.4, 0.5) is 10.1 Å². The molecule has 0 atom stereocenters. The Balaban J connectivity index is 2.08. The van der Waals surface area contributed by atoms with Crippen LogP contribution in [0.15, 0.2) is 36.7 Å². The maximum atomic E-state index is 13.1. The highest BCUT2D eigenvalue weighted by Gasteiger charge is 2.10. The van der Waals surface area contributed by atoms with Crippen LogP contribution in [0.2, 0.25) is 5.02 Å². The molecule has 0 bridgehead atoms. The summed E-state index contributed by atoms with van der Waals surface area (Å²) in [7, 11) is 0. The van der Waals surface area contributed by atoms with E-state index in [0.717, 1.165) is 12.1 Å². The Hall–Kier alpha value is -2.14. The first-order valence-electron chi connectivity index (χ1n) is 5.38. The number of halogens is 2. The van der Waals surface area contributed by atoms with Crippen molar-refractivity contribution in [3.63, 3.8) is 0 Å². The summed E-state index contributed by atoms with van der Waals surface area (Å²) >= 11 is 5.87. The molecule has 2 rings (SSSR count). The lowest BCUT2D eigenvalue weighted by Crippen LogP contribution is -2.06. The average Bonchev–Trinajstić information content (AvgIpc) is 2.36. The minimum atomic E-state index is -0.668. The van der Waals surface area contributed by atoms with Gasteiger partial charge in [0, 0.05) is 23.6 Å². The molecule has 0 unspecified atom stereocenters. The van der Waals surface area contributed by atoms with Crippen molar-refractivity contribution >= 4 is 23.3 Å². The topological polar surface area (TPSA) is 65.2 Å². The zero-order valence-electron chi connectivity index (χ0n) is 9.77. The van der Waals surface area contributed by atoms with Gasteiger partial charge in [-0.05, 0) is 24.3 Å². The van der Waals surface area contributed by atoms with Crippen LogP contribution in [0.25, 0.3) is 0 Å². The first kappa shape index (κ1) is 13.3. The van der Waals surface area contributed by atoms with Gasteiger partial charge < -0.3 is 10.5 Å². The predicted octanol–water partition coefficient (Wildman–Crippen LogP) is 2.81. The zero-order chi connectivity index (χ0) is 13.8. The van der Waals surface area contributed by atoms with Gasteiger partial charge in [-0.3, -0.25) is 4.98 Å². The molecule has 0 aliphatic carbocycles. The lowest BCUT2D eigenvalue weighted by Gasteiger charge is -2.06. The van der Waals surface area contributed by atoms with Crippen molar-refractivity contribution in [2.75, 3.05) is 5.73 Å². The molecular formula is C13H10ClFN2O2. The molecule has 0 radical (unpaired) electrons. The third kappa shape index (κ3) is 3.42. The Labute approximate surface area is 114 Å². The standard InChI is InChI=1S/C13H10ClFN2O2/c14-12-6-17-2-1-8(12)7-19-13(18)9-3-10(15)5-11(16)4-9/h1-6H,7,16H2. The molecule has 0 saturated carbocycles. The highest BCUT2D eigenvalue weighted by molar-refractivity contribution is 6.31. The molecule has 0 aliphatic rings. The minimum absolute atomic E-state index is 0.0173. The Morgan fingerprint density at radius 2 is 2.21 bits per heavy atom. The van der Waals surface area contributed by atoms with E-state index in [1.807, 2.05) is 0 Å². The molecule has 19 heavy (non-hydrogen) atoms. The smallest absolute Gasteiger partial charge is 0.338 e. The number of hydrogen-bond acceptors (Lipinski definition) is 4. The molecule has 1 aromatic carbocycles. The number of aromatic nitrogens is 1.